The molecule has 0 aromatic heterocycles. The van der Waals surface area contributed by atoms with Crippen molar-refractivity contribution < 1.29 is 0 Å². The minimum atomic E-state index is 0.438. The standard InChI is InChI=1S/C8H5Br2N/c1-11-5-6-2-3-7(9)4-8(6)10/h2-4H,5H2. The second kappa shape index (κ2) is 3.89. The van der Waals surface area contributed by atoms with Crippen LogP contribution in [0.1, 0.15) is 5.56 Å². The summed E-state index contributed by atoms with van der Waals surface area (Å²) in [4.78, 5) is 3.30. The molecule has 0 aliphatic carbocycles. The van der Waals surface area contributed by atoms with E-state index in [-0.39, 0.29) is 0 Å². The van der Waals surface area contributed by atoms with E-state index < -0.39 is 0 Å². The molecular weight excluding hydrogens is 270 g/mol. The van der Waals surface area contributed by atoms with Crippen LogP contribution < -0.4 is 0 Å². The Kier molecular flexibility index (Phi) is 3.10. The summed E-state index contributed by atoms with van der Waals surface area (Å²) < 4.78 is 2.01. The molecule has 0 radical (unpaired) electrons. The van der Waals surface area contributed by atoms with Crippen molar-refractivity contribution >= 4 is 31.9 Å². The summed E-state index contributed by atoms with van der Waals surface area (Å²) >= 11 is 6.71. The van der Waals surface area contributed by atoms with E-state index in [4.69, 9.17) is 6.57 Å². The predicted octanol–water partition coefficient (Wildman–Crippen LogP) is 3.63. The Bertz CT molecular complexity index is 301. The summed E-state index contributed by atoms with van der Waals surface area (Å²) in [6, 6.07) is 5.82. The maximum absolute atomic E-state index is 6.68. The highest BCUT2D eigenvalue weighted by Gasteiger charge is 2.01. The molecule has 0 spiro atoms. The molecule has 0 heterocycles. The lowest BCUT2D eigenvalue weighted by Gasteiger charge is -1.96. The van der Waals surface area contributed by atoms with Gasteiger partial charge < -0.3 is 4.85 Å². The SMILES string of the molecule is [C-]#[N+]Cc1ccc(Br)cc1Br. The average molecular weight is 275 g/mol. The molecule has 0 N–H and O–H groups in total. The van der Waals surface area contributed by atoms with E-state index in [1.54, 1.807) is 0 Å². The molecule has 1 rings (SSSR count). The van der Waals surface area contributed by atoms with Gasteiger partial charge in [0.25, 0.3) is 0 Å². The lowest BCUT2D eigenvalue weighted by atomic mass is 10.2. The Morgan fingerprint density at radius 3 is 2.64 bits per heavy atom. The zero-order valence-corrected chi connectivity index (χ0v) is 8.81. The van der Waals surface area contributed by atoms with E-state index in [1.165, 1.54) is 0 Å². The fourth-order valence-corrected chi connectivity index (χ4v) is 1.91. The van der Waals surface area contributed by atoms with Crippen LogP contribution in [0, 0.1) is 6.57 Å². The summed E-state index contributed by atoms with van der Waals surface area (Å²) in [6.45, 7) is 7.12. The number of halogens is 2. The zero-order valence-electron chi connectivity index (χ0n) is 5.64. The van der Waals surface area contributed by atoms with Crippen molar-refractivity contribution in [3.8, 4) is 0 Å². The van der Waals surface area contributed by atoms with Crippen molar-refractivity contribution in [3.05, 3.63) is 44.1 Å². The molecule has 0 aliphatic rings. The van der Waals surface area contributed by atoms with Crippen molar-refractivity contribution in [2.24, 2.45) is 0 Å². The van der Waals surface area contributed by atoms with Crippen molar-refractivity contribution in [1.82, 2.24) is 0 Å². The van der Waals surface area contributed by atoms with Crippen molar-refractivity contribution in [2.75, 3.05) is 0 Å². The first-order valence-electron chi connectivity index (χ1n) is 3.01. The number of hydrogen-bond acceptors (Lipinski definition) is 0. The Labute approximate surface area is 82.5 Å². The quantitative estimate of drug-likeness (QED) is 0.689. The fraction of sp³-hybridized carbons (Fsp3) is 0.125. The molecule has 0 saturated carbocycles. The van der Waals surface area contributed by atoms with E-state index in [0.29, 0.717) is 6.54 Å². The zero-order chi connectivity index (χ0) is 8.27. The highest BCUT2D eigenvalue weighted by atomic mass is 79.9. The minimum Gasteiger partial charge on any atom is -0.312 e. The Morgan fingerprint density at radius 1 is 1.36 bits per heavy atom. The largest absolute Gasteiger partial charge is 0.312 e. The highest BCUT2D eigenvalue weighted by molar-refractivity contribution is 9.11. The Morgan fingerprint density at radius 2 is 2.09 bits per heavy atom. The molecule has 0 amide bonds. The third-order valence-electron chi connectivity index (χ3n) is 1.26. The van der Waals surface area contributed by atoms with Gasteiger partial charge in [-0.15, -0.1) is 0 Å². The molecule has 0 fully saturated rings. The fourth-order valence-electron chi connectivity index (χ4n) is 0.735. The van der Waals surface area contributed by atoms with Crippen molar-refractivity contribution in [3.63, 3.8) is 0 Å². The molecular formula is C8H5Br2N. The minimum absolute atomic E-state index is 0.438. The van der Waals surface area contributed by atoms with E-state index in [2.05, 4.69) is 36.7 Å². The van der Waals surface area contributed by atoms with Crippen LogP contribution in [0.25, 0.3) is 4.85 Å². The molecule has 0 atom stereocenters. The normalized spacial score (nSPS) is 9.18. The molecule has 1 aromatic rings. The lowest BCUT2D eigenvalue weighted by Crippen LogP contribution is -1.80. The van der Waals surface area contributed by atoms with Crippen LogP contribution in [-0.4, -0.2) is 0 Å². The Balaban J connectivity index is 3.01. The summed E-state index contributed by atoms with van der Waals surface area (Å²) in [6.07, 6.45) is 0. The van der Waals surface area contributed by atoms with E-state index >= 15 is 0 Å². The first kappa shape index (κ1) is 8.76. The maximum atomic E-state index is 6.68. The third-order valence-corrected chi connectivity index (χ3v) is 2.50. The monoisotopic (exact) mass is 273 g/mol. The van der Waals surface area contributed by atoms with Crippen LogP contribution in [0.15, 0.2) is 27.1 Å². The van der Waals surface area contributed by atoms with Crippen LogP contribution in [0.5, 0.6) is 0 Å². The maximum Gasteiger partial charge on any atom is 0.240 e. The predicted molar refractivity (Wildman–Crippen MR) is 52.1 cm³/mol. The van der Waals surface area contributed by atoms with Gasteiger partial charge >= 0.3 is 0 Å². The van der Waals surface area contributed by atoms with Crippen LogP contribution >= 0.6 is 31.9 Å². The molecule has 1 aromatic carbocycles. The molecule has 3 heteroatoms. The van der Waals surface area contributed by atoms with E-state index in [1.807, 2.05) is 18.2 Å². The van der Waals surface area contributed by atoms with E-state index in [9.17, 15) is 0 Å². The summed E-state index contributed by atoms with van der Waals surface area (Å²) in [5, 5.41) is 0. The van der Waals surface area contributed by atoms with Crippen LogP contribution in [0.2, 0.25) is 0 Å². The van der Waals surface area contributed by atoms with Crippen molar-refractivity contribution in [2.45, 2.75) is 6.54 Å². The van der Waals surface area contributed by atoms with Gasteiger partial charge in [0, 0.05) is 14.5 Å². The molecule has 1 nitrogen and oxygen atoms in total. The molecule has 0 bridgehead atoms. The molecule has 0 unspecified atom stereocenters. The number of rotatable bonds is 1. The van der Waals surface area contributed by atoms with Crippen LogP contribution in [0.3, 0.4) is 0 Å². The molecule has 11 heavy (non-hydrogen) atoms. The molecule has 0 aliphatic heterocycles. The number of hydrogen-bond donors (Lipinski definition) is 0. The van der Waals surface area contributed by atoms with Gasteiger partial charge in [0.1, 0.15) is 0 Å². The summed E-state index contributed by atoms with van der Waals surface area (Å²) in [5.74, 6) is 0. The van der Waals surface area contributed by atoms with Gasteiger partial charge in [0.05, 0.1) is 0 Å². The van der Waals surface area contributed by atoms with Gasteiger partial charge in [-0.1, -0.05) is 31.9 Å². The number of benzene rings is 1. The molecule has 56 valence electrons. The smallest absolute Gasteiger partial charge is 0.240 e. The van der Waals surface area contributed by atoms with Gasteiger partial charge in [-0.05, 0) is 18.2 Å². The average Bonchev–Trinajstić information content (AvgIpc) is 1.95. The second-order valence-corrected chi connectivity index (χ2v) is 3.82. The van der Waals surface area contributed by atoms with Crippen LogP contribution in [-0.2, 0) is 6.54 Å². The first-order chi connectivity index (χ1) is 5.24. The van der Waals surface area contributed by atoms with Crippen molar-refractivity contribution in [1.29, 1.82) is 0 Å². The van der Waals surface area contributed by atoms with Gasteiger partial charge in [-0.2, -0.15) is 0 Å². The third kappa shape index (κ3) is 2.32. The van der Waals surface area contributed by atoms with Gasteiger partial charge in [-0.3, -0.25) is 0 Å². The van der Waals surface area contributed by atoms with Gasteiger partial charge in [-0.25, -0.2) is 6.57 Å². The van der Waals surface area contributed by atoms with E-state index in [0.717, 1.165) is 14.5 Å². The van der Waals surface area contributed by atoms with Gasteiger partial charge in [0.2, 0.25) is 6.54 Å². The lowest BCUT2D eigenvalue weighted by molar-refractivity contribution is 1.24. The van der Waals surface area contributed by atoms with Gasteiger partial charge in [0.15, 0.2) is 0 Å². The highest BCUT2D eigenvalue weighted by Crippen LogP contribution is 2.22. The second-order valence-electron chi connectivity index (χ2n) is 2.05. The summed E-state index contributed by atoms with van der Waals surface area (Å²) in [5.41, 5.74) is 1.03. The number of nitrogens with zero attached hydrogens (tertiary/aromatic N) is 1. The molecule has 0 saturated heterocycles. The van der Waals surface area contributed by atoms with Crippen LogP contribution in [0.4, 0.5) is 0 Å². The Hall–Kier alpha value is -0.330. The first-order valence-corrected chi connectivity index (χ1v) is 4.60. The summed E-state index contributed by atoms with van der Waals surface area (Å²) in [7, 11) is 0. The topological polar surface area (TPSA) is 4.36 Å².